The number of hydrogen-bond acceptors (Lipinski definition) is 4. The van der Waals surface area contributed by atoms with E-state index in [2.05, 4.69) is 15.2 Å². The first-order valence-electron chi connectivity index (χ1n) is 5.61. The van der Waals surface area contributed by atoms with E-state index in [-0.39, 0.29) is 11.3 Å². The van der Waals surface area contributed by atoms with E-state index in [9.17, 15) is 9.70 Å². The summed E-state index contributed by atoms with van der Waals surface area (Å²) in [4.78, 5) is 29.9. The molecule has 0 aliphatic carbocycles. The van der Waals surface area contributed by atoms with Crippen LogP contribution in [0.4, 0.5) is 5.69 Å². The molecule has 1 N–H and O–H groups in total. The fourth-order valence-corrected chi connectivity index (χ4v) is 1.69. The largest absolute Gasteiger partial charge is 0.478 e. The second-order valence-corrected chi connectivity index (χ2v) is 4.05. The van der Waals surface area contributed by atoms with Crippen molar-refractivity contribution in [1.82, 2.24) is 0 Å². The van der Waals surface area contributed by atoms with Crippen LogP contribution in [0.5, 0.6) is 0 Å². The predicted molar refractivity (Wildman–Crippen MR) is 74.8 cm³/mol. The molecule has 0 bridgehead atoms. The molecule has 0 heterocycles. The number of hydrogen-bond donors (Lipinski definition) is 1. The first kappa shape index (κ1) is 14.7. The van der Waals surface area contributed by atoms with E-state index in [0.717, 1.165) is 5.56 Å². The lowest BCUT2D eigenvalue weighted by Gasteiger charge is -2.08. The van der Waals surface area contributed by atoms with E-state index >= 15 is 0 Å². The third kappa shape index (κ3) is 3.31. The normalized spacial score (nSPS) is 12.4. The third-order valence-corrected chi connectivity index (χ3v) is 2.71. The van der Waals surface area contributed by atoms with Crippen LogP contribution in [0.2, 0.25) is 0 Å². The van der Waals surface area contributed by atoms with Crippen molar-refractivity contribution in [2.45, 2.75) is 20.8 Å². The van der Waals surface area contributed by atoms with Crippen molar-refractivity contribution < 1.29 is 9.90 Å². The number of aromatic carboxylic acids is 1. The predicted octanol–water partition coefficient (Wildman–Crippen LogP) is 2.95. The van der Waals surface area contributed by atoms with Gasteiger partial charge < -0.3 is 5.11 Å². The quantitative estimate of drug-likeness (QED) is 0.515. The zero-order valence-corrected chi connectivity index (χ0v) is 11.3. The van der Waals surface area contributed by atoms with E-state index in [0.29, 0.717) is 17.1 Å². The molecule has 100 valence electrons. The zero-order chi connectivity index (χ0) is 14.6. The van der Waals surface area contributed by atoms with Crippen molar-refractivity contribution >= 4 is 23.2 Å². The molecule has 1 aromatic carbocycles. The van der Waals surface area contributed by atoms with Crippen LogP contribution in [-0.2, 0) is 0 Å². The minimum absolute atomic E-state index is 0.103. The molecule has 1 aromatic rings. The van der Waals surface area contributed by atoms with Crippen LogP contribution < -0.4 is 0 Å². The molecule has 1 rings (SSSR count). The van der Waals surface area contributed by atoms with Crippen LogP contribution in [-0.4, -0.2) is 29.7 Å². The van der Waals surface area contributed by atoms with Gasteiger partial charge in [0.15, 0.2) is 0 Å². The topological polar surface area (TPSA) is 91.5 Å². The van der Waals surface area contributed by atoms with E-state index in [4.69, 9.17) is 5.11 Å². The monoisotopic (exact) mass is 261 g/mol. The van der Waals surface area contributed by atoms with Gasteiger partial charge in [-0.25, -0.2) is 9.79 Å². The fourth-order valence-electron chi connectivity index (χ4n) is 1.69. The van der Waals surface area contributed by atoms with E-state index in [1.54, 1.807) is 27.8 Å². The number of carboxylic acids is 1. The maximum atomic E-state index is 11.0. The van der Waals surface area contributed by atoms with Gasteiger partial charge in [-0.3, -0.25) is 4.99 Å². The molecule has 0 aromatic heterocycles. The molecular weight excluding hydrogens is 246 g/mol. The molecule has 0 aliphatic heterocycles. The Balaban J connectivity index is 3.43. The molecule has 0 saturated carbocycles. The Bertz CT molecular complexity index is 589. The van der Waals surface area contributed by atoms with Crippen LogP contribution >= 0.6 is 0 Å². The summed E-state index contributed by atoms with van der Waals surface area (Å²) in [7, 11) is 1.63. The molecule has 19 heavy (non-hydrogen) atoms. The molecule has 0 fully saturated rings. The van der Waals surface area contributed by atoms with E-state index < -0.39 is 5.97 Å². The average molecular weight is 261 g/mol. The summed E-state index contributed by atoms with van der Waals surface area (Å²) >= 11 is 0. The number of rotatable bonds is 3. The van der Waals surface area contributed by atoms with Crippen LogP contribution in [0.15, 0.2) is 27.3 Å². The van der Waals surface area contributed by atoms with Crippen LogP contribution in [0.1, 0.15) is 35.3 Å². The fraction of sp³-hybridized carbons (Fsp3) is 0.308. The number of nitrogens with zero attached hydrogens (tertiary/aromatic N) is 3. The van der Waals surface area contributed by atoms with Gasteiger partial charge in [0.2, 0.25) is 0 Å². The van der Waals surface area contributed by atoms with Crippen molar-refractivity contribution in [2.24, 2.45) is 15.2 Å². The SMILES string of the molecule is CN=C(C)N=C(C)c1cc(N=O)c(C(=O)O)cc1C. The molecule has 0 aliphatic rings. The molecule has 6 nitrogen and oxygen atoms in total. The lowest BCUT2D eigenvalue weighted by molar-refractivity contribution is 0.0697. The molecule has 0 atom stereocenters. The van der Waals surface area contributed by atoms with E-state index in [1.165, 1.54) is 12.1 Å². The average Bonchev–Trinajstić information content (AvgIpc) is 2.37. The Hall–Kier alpha value is -2.37. The van der Waals surface area contributed by atoms with Crippen molar-refractivity contribution in [3.63, 3.8) is 0 Å². The molecule has 0 amide bonds. The smallest absolute Gasteiger partial charge is 0.338 e. The molecule has 0 spiro atoms. The standard InChI is InChI=1S/C13H15N3O3/c1-7-5-11(13(17)18)12(16-19)6-10(7)8(2)15-9(3)14-4/h5-6H,1-4H3,(H,17,18). The number of carbonyl (C=O) groups is 1. The van der Waals surface area contributed by atoms with Gasteiger partial charge in [-0.15, -0.1) is 4.91 Å². The highest BCUT2D eigenvalue weighted by molar-refractivity contribution is 6.08. The molecule has 0 unspecified atom stereocenters. The summed E-state index contributed by atoms with van der Waals surface area (Å²) in [5, 5.41) is 11.7. The summed E-state index contributed by atoms with van der Waals surface area (Å²) in [5.41, 5.74) is 1.85. The Kier molecular flexibility index (Phi) is 4.63. The van der Waals surface area contributed by atoms with Gasteiger partial charge in [0, 0.05) is 18.3 Å². The Morgan fingerprint density at radius 1 is 1.21 bits per heavy atom. The van der Waals surface area contributed by atoms with Crippen molar-refractivity contribution in [3.05, 3.63) is 33.7 Å². The third-order valence-electron chi connectivity index (χ3n) is 2.71. The van der Waals surface area contributed by atoms with Gasteiger partial charge in [0.25, 0.3) is 0 Å². The Morgan fingerprint density at radius 3 is 2.32 bits per heavy atom. The van der Waals surface area contributed by atoms with Gasteiger partial charge >= 0.3 is 5.97 Å². The highest BCUT2D eigenvalue weighted by Gasteiger charge is 2.15. The minimum Gasteiger partial charge on any atom is -0.478 e. The number of benzene rings is 1. The van der Waals surface area contributed by atoms with Crippen molar-refractivity contribution in [1.29, 1.82) is 0 Å². The molecule has 0 radical (unpaired) electrons. The van der Waals surface area contributed by atoms with Crippen molar-refractivity contribution in [3.8, 4) is 0 Å². The highest BCUT2D eigenvalue weighted by Crippen LogP contribution is 2.24. The summed E-state index contributed by atoms with van der Waals surface area (Å²) in [6, 6.07) is 2.86. The number of nitroso groups, excluding NO2 is 1. The van der Waals surface area contributed by atoms with Crippen LogP contribution in [0.3, 0.4) is 0 Å². The lowest BCUT2D eigenvalue weighted by atomic mass is 10.00. The molecule has 0 saturated heterocycles. The zero-order valence-electron chi connectivity index (χ0n) is 11.3. The van der Waals surface area contributed by atoms with Crippen molar-refractivity contribution in [2.75, 3.05) is 7.05 Å². The Labute approximate surface area is 110 Å². The highest BCUT2D eigenvalue weighted by atomic mass is 16.4. The number of aryl methyl sites for hydroxylation is 1. The van der Waals surface area contributed by atoms with E-state index in [1.807, 2.05) is 0 Å². The first-order chi connectivity index (χ1) is 8.90. The Morgan fingerprint density at radius 2 is 1.84 bits per heavy atom. The van der Waals surface area contributed by atoms with Crippen LogP contribution in [0.25, 0.3) is 0 Å². The van der Waals surface area contributed by atoms with Crippen LogP contribution in [0, 0.1) is 11.8 Å². The van der Waals surface area contributed by atoms with Gasteiger partial charge in [0.05, 0.1) is 5.56 Å². The summed E-state index contributed by atoms with van der Waals surface area (Å²) in [6.45, 7) is 5.28. The summed E-state index contributed by atoms with van der Waals surface area (Å²) in [6.07, 6.45) is 0. The second-order valence-electron chi connectivity index (χ2n) is 4.05. The summed E-state index contributed by atoms with van der Waals surface area (Å²) in [5.74, 6) is -0.579. The number of aliphatic imine (C=N–C) groups is 2. The number of amidine groups is 1. The lowest BCUT2D eigenvalue weighted by Crippen LogP contribution is -2.05. The van der Waals surface area contributed by atoms with Gasteiger partial charge in [-0.05, 0) is 43.6 Å². The van der Waals surface area contributed by atoms with Gasteiger partial charge in [-0.2, -0.15) is 0 Å². The van der Waals surface area contributed by atoms with Gasteiger partial charge in [0.1, 0.15) is 11.5 Å². The van der Waals surface area contributed by atoms with Gasteiger partial charge in [-0.1, -0.05) is 0 Å². The second kappa shape index (κ2) is 5.99. The first-order valence-corrected chi connectivity index (χ1v) is 5.61. The summed E-state index contributed by atoms with van der Waals surface area (Å²) < 4.78 is 0. The minimum atomic E-state index is -1.18. The maximum Gasteiger partial charge on any atom is 0.338 e. The molecular formula is C13H15N3O3. The molecule has 6 heteroatoms. The number of carboxylic acid groups (broad SMARTS) is 1. The maximum absolute atomic E-state index is 11.0.